The topological polar surface area (TPSA) is 35.5 Å². The first-order chi connectivity index (χ1) is 9.53. The summed E-state index contributed by atoms with van der Waals surface area (Å²) in [5, 5.41) is 13.4. The van der Waals surface area contributed by atoms with Gasteiger partial charge in [0.05, 0.1) is 0 Å². The minimum atomic E-state index is 0.266. The predicted octanol–water partition coefficient (Wildman–Crippen LogP) is 2.99. The molecule has 1 aliphatic rings. The number of hydrogen-bond donors (Lipinski definition) is 2. The molecule has 0 aromatic heterocycles. The SMILES string of the molecule is CC1CCCC(CNCc2ccccc2O)(N(C)C)C1. The third kappa shape index (κ3) is 3.53. The summed E-state index contributed by atoms with van der Waals surface area (Å²) in [7, 11) is 4.39. The van der Waals surface area contributed by atoms with Gasteiger partial charge in [0.1, 0.15) is 5.75 Å². The molecule has 0 heterocycles. The molecule has 112 valence electrons. The van der Waals surface area contributed by atoms with Gasteiger partial charge in [-0.15, -0.1) is 0 Å². The Kier molecular flexibility index (Phi) is 5.06. The number of likely N-dealkylation sites (N-methyl/N-ethyl adjacent to an activating group) is 1. The number of nitrogens with zero attached hydrogens (tertiary/aromatic N) is 1. The van der Waals surface area contributed by atoms with E-state index in [0.717, 1.165) is 24.6 Å². The van der Waals surface area contributed by atoms with Crippen molar-refractivity contribution in [3.8, 4) is 5.75 Å². The quantitative estimate of drug-likeness (QED) is 0.868. The fraction of sp³-hybridized carbons (Fsp3) is 0.647. The summed E-state index contributed by atoms with van der Waals surface area (Å²) in [6.45, 7) is 4.08. The van der Waals surface area contributed by atoms with Crippen molar-refractivity contribution in [1.29, 1.82) is 0 Å². The molecular formula is C17H28N2O. The van der Waals surface area contributed by atoms with Gasteiger partial charge in [-0.05, 0) is 38.9 Å². The van der Waals surface area contributed by atoms with E-state index in [1.807, 2.05) is 18.2 Å². The number of phenols is 1. The van der Waals surface area contributed by atoms with Gasteiger partial charge in [0, 0.05) is 24.2 Å². The van der Waals surface area contributed by atoms with E-state index in [9.17, 15) is 5.11 Å². The van der Waals surface area contributed by atoms with Gasteiger partial charge in [-0.2, -0.15) is 0 Å². The molecule has 2 N–H and O–H groups in total. The minimum Gasteiger partial charge on any atom is -0.508 e. The van der Waals surface area contributed by atoms with Gasteiger partial charge in [0.15, 0.2) is 0 Å². The van der Waals surface area contributed by atoms with Crippen LogP contribution < -0.4 is 5.32 Å². The number of aromatic hydroxyl groups is 1. The van der Waals surface area contributed by atoms with Crippen LogP contribution in [0.3, 0.4) is 0 Å². The van der Waals surface area contributed by atoms with Gasteiger partial charge >= 0.3 is 0 Å². The van der Waals surface area contributed by atoms with Crippen molar-refractivity contribution < 1.29 is 5.11 Å². The van der Waals surface area contributed by atoms with Crippen molar-refractivity contribution in [1.82, 2.24) is 10.2 Å². The Labute approximate surface area is 123 Å². The Morgan fingerprint density at radius 1 is 1.35 bits per heavy atom. The number of benzene rings is 1. The van der Waals surface area contributed by atoms with Gasteiger partial charge in [0.2, 0.25) is 0 Å². The molecule has 0 bridgehead atoms. The fourth-order valence-electron chi connectivity index (χ4n) is 3.45. The monoisotopic (exact) mass is 276 g/mol. The normalized spacial score (nSPS) is 26.9. The first kappa shape index (κ1) is 15.3. The van der Waals surface area contributed by atoms with E-state index >= 15 is 0 Å². The Hall–Kier alpha value is -1.06. The van der Waals surface area contributed by atoms with E-state index in [2.05, 4.69) is 31.2 Å². The zero-order chi connectivity index (χ0) is 14.6. The van der Waals surface area contributed by atoms with Gasteiger partial charge in [-0.25, -0.2) is 0 Å². The third-order valence-corrected chi connectivity index (χ3v) is 4.78. The van der Waals surface area contributed by atoms with Crippen molar-refractivity contribution >= 4 is 0 Å². The summed E-state index contributed by atoms with van der Waals surface area (Å²) in [4.78, 5) is 2.39. The average molecular weight is 276 g/mol. The maximum Gasteiger partial charge on any atom is 0.120 e. The number of hydrogen-bond acceptors (Lipinski definition) is 3. The second kappa shape index (κ2) is 6.59. The highest BCUT2D eigenvalue weighted by Crippen LogP contribution is 2.35. The van der Waals surface area contributed by atoms with Gasteiger partial charge < -0.3 is 15.3 Å². The molecule has 0 spiro atoms. The van der Waals surface area contributed by atoms with Crippen LogP contribution in [0.5, 0.6) is 5.75 Å². The fourth-order valence-corrected chi connectivity index (χ4v) is 3.45. The molecule has 1 aromatic rings. The third-order valence-electron chi connectivity index (χ3n) is 4.78. The number of para-hydroxylation sites is 1. The second-order valence-corrected chi connectivity index (χ2v) is 6.55. The Balaban J connectivity index is 1.95. The summed E-state index contributed by atoms with van der Waals surface area (Å²) < 4.78 is 0. The van der Waals surface area contributed by atoms with E-state index in [-0.39, 0.29) is 5.54 Å². The predicted molar refractivity (Wildman–Crippen MR) is 83.9 cm³/mol. The molecule has 3 heteroatoms. The van der Waals surface area contributed by atoms with E-state index in [0.29, 0.717) is 5.75 Å². The smallest absolute Gasteiger partial charge is 0.120 e. The van der Waals surface area contributed by atoms with Crippen LogP contribution in [-0.2, 0) is 6.54 Å². The second-order valence-electron chi connectivity index (χ2n) is 6.55. The minimum absolute atomic E-state index is 0.266. The first-order valence-electron chi connectivity index (χ1n) is 7.68. The van der Waals surface area contributed by atoms with Crippen LogP contribution in [0, 0.1) is 5.92 Å². The summed E-state index contributed by atoms with van der Waals surface area (Å²) >= 11 is 0. The molecule has 1 saturated carbocycles. The maximum atomic E-state index is 9.81. The van der Waals surface area contributed by atoms with Gasteiger partial charge in [-0.1, -0.05) is 38.0 Å². The van der Waals surface area contributed by atoms with Crippen molar-refractivity contribution in [2.45, 2.75) is 44.7 Å². The molecule has 2 unspecified atom stereocenters. The van der Waals surface area contributed by atoms with Crippen LogP contribution >= 0.6 is 0 Å². The van der Waals surface area contributed by atoms with Crippen LogP contribution in [0.25, 0.3) is 0 Å². The zero-order valence-electron chi connectivity index (χ0n) is 13.0. The van der Waals surface area contributed by atoms with E-state index in [4.69, 9.17) is 0 Å². The van der Waals surface area contributed by atoms with Crippen molar-refractivity contribution in [2.75, 3.05) is 20.6 Å². The molecule has 0 radical (unpaired) electrons. The molecule has 0 saturated heterocycles. The highest BCUT2D eigenvalue weighted by molar-refractivity contribution is 5.31. The first-order valence-corrected chi connectivity index (χ1v) is 7.68. The highest BCUT2D eigenvalue weighted by Gasteiger charge is 2.36. The number of rotatable bonds is 5. The van der Waals surface area contributed by atoms with Crippen molar-refractivity contribution in [2.24, 2.45) is 5.92 Å². The lowest BCUT2D eigenvalue weighted by molar-refractivity contribution is 0.0749. The average Bonchev–Trinajstić information content (AvgIpc) is 2.41. The molecule has 0 amide bonds. The van der Waals surface area contributed by atoms with Crippen LogP contribution in [0.2, 0.25) is 0 Å². The Bertz CT molecular complexity index is 433. The zero-order valence-corrected chi connectivity index (χ0v) is 13.0. The summed E-state index contributed by atoms with van der Waals surface area (Å²) in [6.07, 6.45) is 5.19. The van der Waals surface area contributed by atoms with Gasteiger partial charge in [0.25, 0.3) is 0 Å². The molecule has 1 aromatic carbocycles. The lowest BCUT2D eigenvalue weighted by Crippen LogP contribution is -2.54. The lowest BCUT2D eigenvalue weighted by atomic mass is 9.75. The molecule has 2 atom stereocenters. The van der Waals surface area contributed by atoms with E-state index in [1.54, 1.807) is 6.07 Å². The van der Waals surface area contributed by atoms with Crippen molar-refractivity contribution in [3.05, 3.63) is 29.8 Å². The molecular weight excluding hydrogens is 248 g/mol. The lowest BCUT2D eigenvalue weighted by Gasteiger charge is -2.45. The number of phenolic OH excluding ortho intramolecular Hbond substituents is 1. The van der Waals surface area contributed by atoms with Crippen LogP contribution in [0.15, 0.2) is 24.3 Å². The van der Waals surface area contributed by atoms with E-state index in [1.165, 1.54) is 25.7 Å². The molecule has 0 aliphatic heterocycles. The highest BCUT2D eigenvalue weighted by atomic mass is 16.3. The van der Waals surface area contributed by atoms with Crippen LogP contribution in [0.4, 0.5) is 0 Å². The van der Waals surface area contributed by atoms with Crippen LogP contribution in [0.1, 0.15) is 38.2 Å². The largest absolute Gasteiger partial charge is 0.508 e. The maximum absolute atomic E-state index is 9.81. The Morgan fingerprint density at radius 3 is 2.75 bits per heavy atom. The molecule has 3 nitrogen and oxygen atoms in total. The van der Waals surface area contributed by atoms with E-state index < -0.39 is 0 Å². The standard InChI is InChI=1S/C17H28N2O/c1-14-7-6-10-17(11-14,19(2)3)13-18-12-15-8-4-5-9-16(15)20/h4-5,8-9,14,18,20H,6-7,10-13H2,1-3H3. The summed E-state index contributed by atoms with van der Waals surface area (Å²) in [5.41, 5.74) is 1.24. The molecule has 2 rings (SSSR count). The summed E-state index contributed by atoms with van der Waals surface area (Å²) in [5.74, 6) is 1.19. The van der Waals surface area contributed by atoms with Crippen molar-refractivity contribution in [3.63, 3.8) is 0 Å². The summed E-state index contributed by atoms with van der Waals surface area (Å²) in [6, 6.07) is 7.57. The Morgan fingerprint density at radius 2 is 2.10 bits per heavy atom. The van der Waals surface area contributed by atoms with Crippen LogP contribution in [-0.4, -0.2) is 36.2 Å². The molecule has 20 heavy (non-hydrogen) atoms. The number of nitrogens with one attached hydrogen (secondary N) is 1. The van der Waals surface area contributed by atoms with Gasteiger partial charge in [-0.3, -0.25) is 0 Å². The molecule has 1 aliphatic carbocycles. The molecule has 1 fully saturated rings.